The molecule has 0 aliphatic carbocycles. The molecule has 0 saturated carbocycles. The number of nitrogens with zero attached hydrogens (tertiary/aromatic N) is 1. The predicted molar refractivity (Wildman–Crippen MR) is 55.5 cm³/mol. The van der Waals surface area contributed by atoms with Crippen molar-refractivity contribution in [1.82, 2.24) is 4.90 Å². The number of nitrogen functional groups attached to an aromatic ring is 1. The number of aromatic hydroxyl groups is 1. The molecular formula is C10H11F3N2O2. The number of anilines is 1. The first-order chi connectivity index (χ1) is 7.72. The third kappa shape index (κ3) is 3.27. The number of alkyl halides is 3. The maximum atomic E-state index is 12.1. The Bertz CT molecular complexity index is 432. The molecule has 1 aromatic rings. The van der Waals surface area contributed by atoms with Gasteiger partial charge in [0.25, 0.3) is 5.91 Å². The lowest BCUT2D eigenvalue weighted by Gasteiger charge is -2.19. The normalized spacial score (nSPS) is 11.3. The van der Waals surface area contributed by atoms with Crippen molar-refractivity contribution < 1.29 is 23.1 Å². The molecule has 0 fully saturated rings. The summed E-state index contributed by atoms with van der Waals surface area (Å²) in [6.07, 6.45) is -4.49. The van der Waals surface area contributed by atoms with Crippen molar-refractivity contribution in [2.75, 3.05) is 19.3 Å². The highest BCUT2D eigenvalue weighted by molar-refractivity contribution is 5.98. The van der Waals surface area contributed by atoms with Crippen LogP contribution in [0.3, 0.4) is 0 Å². The number of carbonyl (C=O) groups excluding carboxylic acids is 1. The topological polar surface area (TPSA) is 66.6 Å². The van der Waals surface area contributed by atoms with Crippen LogP contribution in [0.1, 0.15) is 10.4 Å². The third-order valence-electron chi connectivity index (χ3n) is 2.06. The van der Waals surface area contributed by atoms with Gasteiger partial charge in [0.2, 0.25) is 0 Å². The molecule has 0 spiro atoms. The number of phenols is 1. The van der Waals surface area contributed by atoms with Crippen molar-refractivity contribution in [1.29, 1.82) is 0 Å². The molecule has 1 amide bonds. The molecule has 4 nitrogen and oxygen atoms in total. The molecule has 0 bridgehead atoms. The lowest BCUT2D eigenvalue weighted by atomic mass is 10.1. The van der Waals surface area contributed by atoms with Gasteiger partial charge in [0.05, 0.1) is 11.3 Å². The zero-order valence-electron chi connectivity index (χ0n) is 8.95. The second-order valence-electron chi connectivity index (χ2n) is 3.52. The molecule has 3 N–H and O–H groups in total. The second kappa shape index (κ2) is 4.52. The summed E-state index contributed by atoms with van der Waals surface area (Å²) in [5.74, 6) is -1.45. The Morgan fingerprint density at radius 2 is 2.06 bits per heavy atom. The van der Waals surface area contributed by atoms with Crippen molar-refractivity contribution in [3.8, 4) is 5.75 Å². The zero-order chi connectivity index (χ0) is 13.2. The van der Waals surface area contributed by atoms with Crippen LogP contribution in [0.2, 0.25) is 0 Å². The number of para-hydroxylation sites is 1. The van der Waals surface area contributed by atoms with Gasteiger partial charge < -0.3 is 15.7 Å². The molecule has 1 rings (SSSR count). The van der Waals surface area contributed by atoms with Gasteiger partial charge >= 0.3 is 6.18 Å². The number of rotatable bonds is 2. The summed E-state index contributed by atoms with van der Waals surface area (Å²) in [6.45, 7) is -1.39. The lowest BCUT2D eigenvalue weighted by Crippen LogP contribution is -2.35. The Kier molecular flexibility index (Phi) is 3.50. The Morgan fingerprint density at radius 3 is 2.59 bits per heavy atom. The van der Waals surface area contributed by atoms with E-state index in [9.17, 15) is 23.1 Å². The summed E-state index contributed by atoms with van der Waals surface area (Å²) in [5.41, 5.74) is 5.03. The molecule has 17 heavy (non-hydrogen) atoms. The van der Waals surface area contributed by atoms with Crippen LogP contribution in [0.25, 0.3) is 0 Å². The minimum atomic E-state index is -4.49. The Hall–Kier alpha value is -1.92. The van der Waals surface area contributed by atoms with Crippen LogP contribution in [0, 0.1) is 0 Å². The highest BCUT2D eigenvalue weighted by atomic mass is 19.4. The van der Waals surface area contributed by atoms with E-state index >= 15 is 0 Å². The first-order valence-electron chi connectivity index (χ1n) is 4.62. The summed E-state index contributed by atoms with van der Waals surface area (Å²) in [5, 5.41) is 9.46. The predicted octanol–water partition coefficient (Wildman–Crippen LogP) is 1.61. The number of hydrogen-bond acceptors (Lipinski definition) is 3. The van der Waals surface area contributed by atoms with E-state index in [4.69, 9.17) is 5.73 Å². The van der Waals surface area contributed by atoms with Crippen LogP contribution in [-0.4, -0.2) is 35.7 Å². The Morgan fingerprint density at radius 1 is 1.47 bits per heavy atom. The van der Waals surface area contributed by atoms with E-state index in [1.807, 2.05) is 0 Å². The van der Waals surface area contributed by atoms with Gasteiger partial charge in [-0.15, -0.1) is 0 Å². The Labute approximate surface area is 95.4 Å². The molecule has 7 heteroatoms. The fourth-order valence-corrected chi connectivity index (χ4v) is 1.28. The van der Waals surface area contributed by atoms with Crippen molar-refractivity contribution in [2.24, 2.45) is 0 Å². The van der Waals surface area contributed by atoms with Crippen molar-refractivity contribution >= 4 is 11.6 Å². The maximum absolute atomic E-state index is 12.1. The van der Waals surface area contributed by atoms with Crippen molar-refractivity contribution in [2.45, 2.75) is 6.18 Å². The van der Waals surface area contributed by atoms with Gasteiger partial charge in [-0.25, -0.2) is 0 Å². The van der Waals surface area contributed by atoms with Crippen LogP contribution >= 0.6 is 0 Å². The lowest BCUT2D eigenvalue weighted by molar-refractivity contribution is -0.138. The smallest absolute Gasteiger partial charge is 0.406 e. The standard InChI is InChI=1S/C10H11F3N2O2/c1-15(5-10(11,12)13)9(17)6-3-2-4-7(14)8(6)16/h2-4,16H,5,14H2,1H3. The molecule has 0 aliphatic rings. The van der Waals surface area contributed by atoms with E-state index in [2.05, 4.69) is 0 Å². The number of carbonyl (C=O) groups is 1. The fraction of sp³-hybridized carbons (Fsp3) is 0.300. The summed E-state index contributed by atoms with van der Waals surface area (Å²) < 4.78 is 36.2. The van der Waals surface area contributed by atoms with Gasteiger partial charge in [-0.3, -0.25) is 4.79 Å². The van der Waals surface area contributed by atoms with Crippen LogP contribution in [-0.2, 0) is 0 Å². The molecule has 1 aromatic carbocycles. The van der Waals surface area contributed by atoms with Crippen LogP contribution < -0.4 is 5.73 Å². The molecule has 0 aromatic heterocycles. The first kappa shape index (κ1) is 13.1. The van der Waals surface area contributed by atoms with E-state index < -0.39 is 24.4 Å². The monoisotopic (exact) mass is 248 g/mol. The summed E-state index contributed by atoms with van der Waals surface area (Å²) in [7, 11) is 0.998. The van der Waals surface area contributed by atoms with Crippen molar-refractivity contribution in [3.63, 3.8) is 0 Å². The van der Waals surface area contributed by atoms with Gasteiger partial charge in [0.1, 0.15) is 6.54 Å². The maximum Gasteiger partial charge on any atom is 0.406 e. The number of benzene rings is 1. The molecule has 0 atom stereocenters. The van der Waals surface area contributed by atoms with E-state index in [0.717, 1.165) is 7.05 Å². The third-order valence-corrected chi connectivity index (χ3v) is 2.06. The van der Waals surface area contributed by atoms with Gasteiger partial charge in [-0.05, 0) is 12.1 Å². The van der Waals surface area contributed by atoms with Gasteiger partial charge in [-0.2, -0.15) is 13.2 Å². The SMILES string of the molecule is CN(CC(F)(F)F)C(=O)c1cccc(N)c1O. The molecule has 0 saturated heterocycles. The largest absolute Gasteiger partial charge is 0.505 e. The first-order valence-corrected chi connectivity index (χ1v) is 4.62. The number of halogens is 3. The molecular weight excluding hydrogens is 237 g/mol. The summed E-state index contributed by atoms with van der Waals surface area (Å²) in [6, 6.07) is 3.93. The quantitative estimate of drug-likeness (QED) is 0.617. The minimum Gasteiger partial charge on any atom is -0.505 e. The Balaban J connectivity index is 2.93. The van der Waals surface area contributed by atoms with Crippen LogP contribution in [0.5, 0.6) is 5.75 Å². The molecule has 0 aliphatic heterocycles. The molecule has 0 unspecified atom stereocenters. The average Bonchev–Trinajstić information content (AvgIpc) is 2.18. The van der Waals surface area contributed by atoms with E-state index in [0.29, 0.717) is 4.90 Å². The highest BCUT2D eigenvalue weighted by Crippen LogP contribution is 2.26. The zero-order valence-corrected chi connectivity index (χ0v) is 8.95. The molecule has 94 valence electrons. The van der Waals surface area contributed by atoms with Gasteiger partial charge in [0, 0.05) is 7.05 Å². The van der Waals surface area contributed by atoms with Crippen LogP contribution in [0.15, 0.2) is 18.2 Å². The minimum absolute atomic E-state index is 0.0590. The molecule has 0 radical (unpaired) electrons. The van der Waals surface area contributed by atoms with Crippen molar-refractivity contribution in [3.05, 3.63) is 23.8 Å². The number of hydrogen-bond donors (Lipinski definition) is 2. The van der Waals surface area contributed by atoms with Gasteiger partial charge in [0.15, 0.2) is 5.75 Å². The van der Waals surface area contributed by atoms with Crippen LogP contribution in [0.4, 0.5) is 18.9 Å². The summed E-state index contributed by atoms with van der Waals surface area (Å²) in [4.78, 5) is 12.1. The highest BCUT2D eigenvalue weighted by Gasteiger charge is 2.32. The second-order valence-corrected chi connectivity index (χ2v) is 3.52. The molecule has 0 heterocycles. The number of phenolic OH excluding ortho intramolecular Hbond substituents is 1. The number of amides is 1. The van der Waals surface area contributed by atoms with E-state index in [1.165, 1.54) is 18.2 Å². The number of nitrogens with two attached hydrogens (primary N) is 1. The summed E-state index contributed by atoms with van der Waals surface area (Å²) >= 11 is 0. The van der Waals surface area contributed by atoms with Gasteiger partial charge in [-0.1, -0.05) is 6.07 Å². The van der Waals surface area contributed by atoms with E-state index in [-0.39, 0.29) is 11.3 Å². The van der Waals surface area contributed by atoms with E-state index in [1.54, 1.807) is 0 Å². The average molecular weight is 248 g/mol. The fourth-order valence-electron chi connectivity index (χ4n) is 1.28.